The molecule has 3 aliphatic rings. The van der Waals surface area contributed by atoms with Crippen molar-refractivity contribution in [3.63, 3.8) is 0 Å². The fourth-order valence-corrected chi connectivity index (χ4v) is 6.59. The molecule has 1 N–H and O–H groups in total. The lowest BCUT2D eigenvalue weighted by Crippen LogP contribution is -2.42. The first-order chi connectivity index (χ1) is 11.7. The molecule has 0 spiro atoms. The van der Waals surface area contributed by atoms with Gasteiger partial charge in [-0.25, -0.2) is 0 Å². The second-order valence-electron chi connectivity index (χ2n) is 8.58. The van der Waals surface area contributed by atoms with E-state index in [0.29, 0.717) is 12.0 Å². The van der Waals surface area contributed by atoms with E-state index in [2.05, 4.69) is 32.0 Å². The van der Waals surface area contributed by atoms with Crippen LogP contribution in [0.1, 0.15) is 69.4 Å². The predicted molar refractivity (Wildman–Crippen MR) is 97.4 cm³/mol. The van der Waals surface area contributed by atoms with Crippen molar-refractivity contribution < 1.29 is 9.84 Å². The zero-order valence-electron chi connectivity index (χ0n) is 15.3. The molecule has 0 heterocycles. The number of hydrogen-bond donors (Lipinski definition) is 1. The van der Waals surface area contributed by atoms with E-state index in [0.717, 1.165) is 29.4 Å². The summed E-state index contributed by atoms with van der Waals surface area (Å²) >= 11 is 0. The Morgan fingerprint density at radius 2 is 2.08 bits per heavy atom. The van der Waals surface area contributed by atoms with Crippen LogP contribution >= 0.6 is 0 Å². The molecular formula is C22H32O2. The largest absolute Gasteiger partial charge is 0.491 e. The van der Waals surface area contributed by atoms with Crippen molar-refractivity contribution in [2.75, 3.05) is 13.2 Å². The molecule has 0 aromatic heterocycles. The molecule has 0 amide bonds. The van der Waals surface area contributed by atoms with Crippen molar-refractivity contribution in [3.05, 3.63) is 29.3 Å². The fourth-order valence-electron chi connectivity index (χ4n) is 6.59. The lowest BCUT2D eigenvalue weighted by molar-refractivity contribution is 0.0273. The summed E-state index contributed by atoms with van der Waals surface area (Å²) < 4.78 is 5.62. The third-order valence-electron chi connectivity index (χ3n) is 7.75. The van der Waals surface area contributed by atoms with Gasteiger partial charge in [0.25, 0.3) is 0 Å². The minimum absolute atomic E-state index is 0.0840. The molecule has 0 saturated heterocycles. The minimum Gasteiger partial charge on any atom is -0.491 e. The summed E-state index contributed by atoms with van der Waals surface area (Å²) in [5.41, 5.74) is 3.71. The quantitative estimate of drug-likeness (QED) is 0.848. The molecular weight excluding hydrogens is 296 g/mol. The Bertz CT molecular complexity index is 596. The molecule has 2 nitrogen and oxygen atoms in total. The Balaban J connectivity index is 1.58. The van der Waals surface area contributed by atoms with Gasteiger partial charge in [-0.05, 0) is 90.9 Å². The summed E-state index contributed by atoms with van der Waals surface area (Å²) in [5.74, 6) is 4.50. The van der Waals surface area contributed by atoms with E-state index in [1.165, 1.54) is 50.5 Å². The Morgan fingerprint density at radius 1 is 1.21 bits per heavy atom. The number of hydrogen-bond acceptors (Lipinski definition) is 2. The normalized spacial score (nSPS) is 37.5. The van der Waals surface area contributed by atoms with Gasteiger partial charge in [0, 0.05) is 0 Å². The van der Waals surface area contributed by atoms with E-state index in [-0.39, 0.29) is 6.61 Å². The lowest BCUT2D eigenvalue weighted by atomic mass is 9.54. The maximum Gasteiger partial charge on any atom is 0.119 e. The van der Waals surface area contributed by atoms with Gasteiger partial charge >= 0.3 is 0 Å². The highest BCUT2D eigenvalue weighted by molar-refractivity contribution is 5.40. The van der Waals surface area contributed by atoms with Gasteiger partial charge in [-0.15, -0.1) is 0 Å². The minimum atomic E-state index is 0.0840. The molecule has 2 heteroatoms. The zero-order chi connectivity index (χ0) is 16.7. The standard InChI is InChI=1S/C22H32O2/c1-3-16-5-9-21-20-7-4-15-14-17(24-13-12-23)6-8-18(15)19(20)10-11-22(16,21)2/h6,8,14,16,19-21,23H,3-5,7,9-13H2,1-2H3/t16-,19+,20+,21-,22+/m0/s1. The van der Waals surface area contributed by atoms with Gasteiger partial charge in [-0.1, -0.05) is 26.3 Å². The predicted octanol–water partition coefficient (Wildman–Crippen LogP) is 4.94. The van der Waals surface area contributed by atoms with E-state index < -0.39 is 0 Å². The van der Waals surface area contributed by atoms with Crippen LogP contribution in [0.2, 0.25) is 0 Å². The third-order valence-corrected chi connectivity index (χ3v) is 7.75. The molecule has 1 aromatic carbocycles. The van der Waals surface area contributed by atoms with E-state index in [4.69, 9.17) is 9.84 Å². The summed E-state index contributed by atoms with van der Waals surface area (Å²) in [6, 6.07) is 6.68. The number of aliphatic hydroxyl groups excluding tert-OH is 1. The van der Waals surface area contributed by atoms with Gasteiger partial charge in [-0.3, -0.25) is 0 Å². The first-order valence-electron chi connectivity index (χ1n) is 10.0. The van der Waals surface area contributed by atoms with Crippen molar-refractivity contribution in [1.29, 1.82) is 0 Å². The van der Waals surface area contributed by atoms with Crippen molar-refractivity contribution in [3.8, 4) is 5.75 Å². The van der Waals surface area contributed by atoms with Crippen molar-refractivity contribution in [2.24, 2.45) is 23.2 Å². The molecule has 24 heavy (non-hydrogen) atoms. The van der Waals surface area contributed by atoms with Crippen LogP contribution in [0.3, 0.4) is 0 Å². The number of aliphatic hydroxyl groups is 1. The Hall–Kier alpha value is -1.02. The molecule has 3 aliphatic carbocycles. The molecule has 1 aromatic rings. The van der Waals surface area contributed by atoms with Gasteiger partial charge < -0.3 is 9.84 Å². The zero-order valence-corrected chi connectivity index (χ0v) is 15.3. The number of rotatable bonds is 4. The van der Waals surface area contributed by atoms with Gasteiger partial charge in [0.1, 0.15) is 12.4 Å². The number of ether oxygens (including phenoxy) is 1. The average Bonchev–Trinajstić information content (AvgIpc) is 2.95. The highest BCUT2D eigenvalue weighted by atomic mass is 16.5. The molecule has 2 saturated carbocycles. The molecule has 0 aliphatic heterocycles. The maximum atomic E-state index is 8.95. The number of fused-ring (bicyclic) bond motifs is 5. The third kappa shape index (κ3) is 2.49. The van der Waals surface area contributed by atoms with Crippen LogP contribution in [-0.2, 0) is 6.42 Å². The molecule has 2 fully saturated rings. The van der Waals surface area contributed by atoms with Crippen LogP contribution in [0.5, 0.6) is 5.75 Å². The topological polar surface area (TPSA) is 29.5 Å². The van der Waals surface area contributed by atoms with Crippen LogP contribution in [0.15, 0.2) is 18.2 Å². The van der Waals surface area contributed by atoms with Crippen molar-refractivity contribution in [1.82, 2.24) is 0 Å². The number of aryl methyl sites for hydroxylation is 1. The van der Waals surface area contributed by atoms with E-state index in [1.54, 1.807) is 5.56 Å². The monoisotopic (exact) mass is 328 g/mol. The van der Waals surface area contributed by atoms with Gasteiger partial charge in [0.15, 0.2) is 0 Å². The van der Waals surface area contributed by atoms with E-state index in [1.807, 2.05) is 0 Å². The molecule has 4 rings (SSSR count). The maximum absolute atomic E-state index is 8.95. The summed E-state index contributed by atoms with van der Waals surface area (Å²) in [6.45, 7) is 5.48. The van der Waals surface area contributed by atoms with Gasteiger partial charge in [0.2, 0.25) is 0 Å². The second kappa shape index (κ2) is 6.37. The second-order valence-corrected chi connectivity index (χ2v) is 8.58. The summed E-state index contributed by atoms with van der Waals surface area (Å²) in [6.07, 6.45) is 9.64. The van der Waals surface area contributed by atoms with Crippen molar-refractivity contribution in [2.45, 2.75) is 64.7 Å². The summed E-state index contributed by atoms with van der Waals surface area (Å²) in [7, 11) is 0. The summed E-state index contributed by atoms with van der Waals surface area (Å²) in [4.78, 5) is 0. The van der Waals surface area contributed by atoms with Crippen LogP contribution < -0.4 is 4.74 Å². The average molecular weight is 328 g/mol. The van der Waals surface area contributed by atoms with Gasteiger partial charge in [0.05, 0.1) is 6.61 Å². The molecule has 132 valence electrons. The number of benzene rings is 1. The fraction of sp³-hybridized carbons (Fsp3) is 0.727. The molecule has 0 unspecified atom stereocenters. The van der Waals surface area contributed by atoms with E-state index in [9.17, 15) is 0 Å². The Kier molecular flexibility index (Phi) is 4.36. The Morgan fingerprint density at radius 3 is 2.88 bits per heavy atom. The van der Waals surface area contributed by atoms with Gasteiger partial charge in [-0.2, -0.15) is 0 Å². The van der Waals surface area contributed by atoms with Crippen LogP contribution in [0.4, 0.5) is 0 Å². The first-order valence-corrected chi connectivity index (χ1v) is 10.0. The van der Waals surface area contributed by atoms with Crippen molar-refractivity contribution >= 4 is 0 Å². The highest BCUT2D eigenvalue weighted by Gasteiger charge is 2.53. The van der Waals surface area contributed by atoms with Crippen LogP contribution in [0, 0.1) is 23.2 Å². The Labute approximate surface area is 146 Å². The van der Waals surface area contributed by atoms with Crippen LogP contribution in [0.25, 0.3) is 0 Å². The molecule has 0 radical (unpaired) electrons. The molecule has 0 bridgehead atoms. The van der Waals surface area contributed by atoms with E-state index >= 15 is 0 Å². The SMILES string of the molecule is CC[C@H]1CC[C@H]2[C@@H]3CCc4cc(OCCO)ccc4[C@H]3CC[C@]12C. The molecule has 5 atom stereocenters. The van der Waals surface area contributed by atoms with Crippen LogP contribution in [-0.4, -0.2) is 18.3 Å². The highest BCUT2D eigenvalue weighted by Crippen LogP contribution is 2.63. The summed E-state index contributed by atoms with van der Waals surface area (Å²) in [5, 5.41) is 8.95. The lowest BCUT2D eigenvalue weighted by Gasteiger charge is -2.51. The smallest absolute Gasteiger partial charge is 0.119 e. The first kappa shape index (κ1) is 16.4.